The summed E-state index contributed by atoms with van der Waals surface area (Å²) in [5.41, 5.74) is -11.2. The van der Waals surface area contributed by atoms with E-state index in [2.05, 4.69) is 63.3 Å². The molecule has 3 aliphatic carbocycles. The van der Waals surface area contributed by atoms with Gasteiger partial charge in [0.1, 0.15) is 52.4 Å². The molecule has 0 radical (unpaired) electrons. The number of alkyl halides is 3. The van der Waals surface area contributed by atoms with Crippen molar-refractivity contribution in [1.82, 2.24) is 31.9 Å². The standard InChI is InChI=1S/C57H92F3N7O20S/c1-14-41(68)80-18-20-83-45(72)62-33-54(11)26-39(23-51(6,7)30-54)65-48(75)86-36-56(13,43(70)67-88(77,78)57(58,59)60)35-85-46(73)63-34-55(12)27-40(24-52(8,9)31-55)66-49(76)87-37(3)28-79-16-17-82-44(71)61-32-53(10)25-38(22-50(4,5)29-53)64-47(74)84-21-19-81-42(69)15-2/h14-15,37-40H,1-2,16-36H2,3-13H3,(H,61,71)(H,62,72)(H,63,73)(H,64,74)(H,65,75)(H,66,76)(H,67,70)/p-1. The number of halogens is 3. The molecule has 3 saturated carbocycles. The number of hydrogen-bond donors (Lipinski definition) is 6. The fourth-order valence-electron chi connectivity index (χ4n) is 12.5. The second-order valence-electron chi connectivity index (χ2n) is 26.7. The van der Waals surface area contributed by atoms with Crippen molar-refractivity contribution in [1.29, 1.82) is 0 Å². The molecule has 6 N–H and O–H groups in total. The lowest BCUT2D eigenvalue weighted by atomic mass is 9.62. The normalized spacial score (nSPS) is 25.0. The van der Waals surface area contributed by atoms with Crippen LogP contribution >= 0.6 is 0 Å². The van der Waals surface area contributed by atoms with Crippen LogP contribution in [0.1, 0.15) is 134 Å². The molecule has 31 heteroatoms. The lowest BCUT2D eigenvalue weighted by molar-refractivity contribution is -0.233. The number of rotatable bonds is 29. The van der Waals surface area contributed by atoms with E-state index in [1.807, 2.05) is 48.5 Å². The first-order valence-corrected chi connectivity index (χ1v) is 30.3. The van der Waals surface area contributed by atoms with E-state index in [1.165, 1.54) is 0 Å². The third-order valence-corrected chi connectivity index (χ3v) is 15.9. The number of alkyl carbamates (subject to hydrolysis) is 6. The van der Waals surface area contributed by atoms with Crippen molar-refractivity contribution in [2.45, 2.75) is 164 Å². The highest BCUT2D eigenvalue weighted by Gasteiger charge is 2.48. The van der Waals surface area contributed by atoms with Crippen molar-refractivity contribution in [2.24, 2.45) is 42.3 Å². The number of carbonyl (C=O) groups excluding carboxylic acids is 8. The molecule has 0 aromatic carbocycles. The molecule has 27 nitrogen and oxygen atoms in total. The van der Waals surface area contributed by atoms with Crippen LogP contribution in [0, 0.1) is 37.9 Å². The average Bonchev–Trinajstić information content (AvgIpc) is 1.61. The van der Waals surface area contributed by atoms with Gasteiger partial charge in [-0.2, -0.15) is 26.0 Å². The molecule has 0 spiro atoms. The zero-order chi connectivity index (χ0) is 66.6. The second kappa shape index (κ2) is 32.1. The summed E-state index contributed by atoms with van der Waals surface area (Å²) in [6.45, 7) is 23.9. The molecule has 0 saturated heterocycles. The van der Waals surface area contributed by atoms with Crippen molar-refractivity contribution in [3.8, 4) is 0 Å². The average molecular weight is 1280 g/mol. The minimum atomic E-state index is -6.40. The minimum absolute atomic E-state index is 0.0148. The largest absolute Gasteiger partial charge is 0.861 e. The molecule has 6 amide bonds. The maximum Gasteiger partial charge on any atom is 0.518 e. The third-order valence-electron chi connectivity index (χ3n) is 14.9. The van der Waals surface area contributed by atoms with Crippen molar-refractivity contribution in [3.63, 3.8) is 0 Å². The summed E-state index contributed by atoms with van der Waals surface area (Å²) in [5.74, 6) is -3.24. The van der Waals surface area contributed by atoms with E-state index in [0.717, 1.165) is 25.5 Å². The zero-order valence-electron chi connectivity index (χ0n) is 52.4. The molecule has 3 aliphatic rings. The Balaban J connectivity index is 1.50. The molecule has 8 unspecified atom stereocenters. The Morgan fingerprint density at radius 2 is 0.875 bits per heavy atom. The molecule has 0 aromatic rings. The lowest BCUT2D eigenvalue weighted by Gasteiger charge is -2.46. The number of nitrogens with zero attached hydrogens (tertiary/aromatic N) is 1. The van der Waals surface area contributed by atoms with Crippen molar-refractivity contribution in [3.05, 3.63) is 25.3 Å². The van der Waals surface area contributed by atoms with Crippen LogP contribution in [0.3, 0.4) is 0 Å². The van der Waals surface area contributed by atoms with E-state index in [-0.39, 0.29) is 83.8 Å². The van der Waals surface area contributed by atoms with Crippen LogP contribution in [0.5, 0.6) is 0 Å². The van der Waals surface area contributed by atoms with Crippen molar-refractivity contribution >= 4 is 64.4 Å². The van der Waals surface area contributed by atoms with Crippen LogP contribution < -0.4 is 37.0 Å². The maximum atomic E-state index is 13.4. The van der Waals surface area contributed by atoms with Gasteiger partial charge in [-0.05, 0) is 110 Å². The van der Waals surface area contributed by atoms with Gasteiger partial charge in [0.2, 0.25) is 0 Å². The smallest absolute Gasteiger partial charge is 0.518 e. The molecule has 0 heterocycles. The summed E-state index contributed by atoms with van der Waals surface area (Å²) in [5, 5.41) is 29.7. The van der Waals surface area contributed by atoms with Gasteiger partial charge in [0.05, 0.1) is 18.6 Å². The number of nitrogens with one attached hydrogen (secondary N) is 6. The number of carbonyl (C=O) groups is 8. The van der Waals surface area contributed by atoms with Crippen molar-refractivity contribution < 1.29 is 108 Å². The van der Waals surface area contributed by atoms with E-state index in [4.69, 9.17) is 42.6 Å². The van der Waals surface area contributed by atoms with E-state index in [0.29, 0.717) is 44.9 Å². The molecule has 0 bridgehead atoms. The topological polar surface area (TPSA) is 361 Å². The summed E-state index contributed by atoms with van der Waals surface area (Å²) >= 11 is 0. The molecule has 3 rings (SSSR count). The van der Waals surface area contributed by atoms with Gasteiger partial charge in [0, 0.05) is 49.9 Å². The number of amides is 6. The van der Waals surface area contributed by atoms with Crippen LogP contribution in [0.15, 0.2) is 29.7 Å². The summed E-state index contributed by atoms with van der Waals surface area (Å²) in [4.78, 5) is 99.6. The van der Waals surface area contributed by atoms with Gasteiger partial charge in [-0.3, -0.25) is 0 Å². The van der Waals surface area contributed by atoms with Gasteiger partial charge < -0.3 is 79.6 Å². The highest BCUT2D eigenvalue weighted by molar-refractivity contribution is 7.91. The minimum Gasteiger partial charge on any atom is -0.861 e. The lowest BCUT2D eigenvalue weighted by Crippen LogP contribution is -2.52. The van der Waals surface area contributed by atoms with E-state index < -0.39 is 134 Å². The molecule has 502 valence electrons. The molecular weight excluding hydrogens is 1190 g/mol. The Hall–Kier alpha value is -6.79. The Labute approximate surface area is 512 Å². The first kappa shape index (κ1) is 75.5. The maximum absolute atomic E-state index is 13.4. The van der Waals surface area contributed by atoms with Gasteiger partial charge in [0.25, 0.3) is 0 Å². The van der Waals surface area contributed by atoms with Gasteiger partial charge in [0.15, 0.2) is 0 Å². The van der Waals surface area contributed by atoms with Crippen molar-refractivity contribution in [2.75, 3.05) is 79.1 Å². The first-order chi connectivity index (χ1) is 40.5. The fraction of sp³-hybridized carbons (Fsp3) is 0.772. The molecule has 88 heavy (non-hydrogen) atoms. The van der Waals surface area contributed by atoms with Crippen LogP contribution in [0.25, 0.3) is 0 Å². The van der Waals surface area contributed by atoms with E-state index in [9.17, 15) is 65.1 Å². The van der Waals surface area contributed by atoms with Crippen LogP contribution in [0.2, 0.25) is 0 Å². The predicted octanol–water partition coefficient (Wildman–Crippen LogP) is 6.58. The quantitative estimate of drug-likeness (QED) is 0.0115. The van der Waals surface area contributed by atoms with Crippen LogP contribution in [0.4, 0.5) is 41.9 Å². The number of sulfonamides is 1. The Bertz CT molecular complexity index is 2610. The van der Waals surface area contributed by atoms with Crippen LogP contribution in [-0.2, 0) is 62.2 Å². The highest BCUT2D eigenvalue weighted by atomic mass is 32.2. The molecule has 0 aliphatic heterocycles. The summed E-state index contributed by atoms with van der Waals surface area (Å²) < 4.78 is 113. The Kier molecular flexibility index (Phi) is 27.5. The van der Waals surface area contributed by atoms with E-state index in [1.54, 1.807) is 6.92 Å². The molecule has 8 atom stereocenters. The van der Waals surface area contributed by atoms with E-state index >= 15 is 0 Å². The summed E-state index contributed by atoms with van der Waals surface area (Å²) in [6, 6.07) is -1.32. The summed E-state index contributed by atoms with van der Waals surface area (Å²) in [7, 11) is -6.40. The first-order valence-electron chi connectivity index (χ1n) is 28.8. The SMILES string of the molecule is C=CC(=O)OCCOC(=O)NCC1(C)CC(NC(=O)OCC(C)(COC(=O)NCC2(C)CC(NC(=O)OC(C)COCCOC(=O)NCC3(C)CC(NC(=O)OCCOC(=O)C=C)CC(C)(C)C3)CC(C)(C)C2)/C([O-])=N/S(=O)(=O)C(F)(F)F)CC(C)(C)C1. The second-order valence-corrected chi connectivity index (χ2v) is 28.3. The molecular formula is C57H91F3N7O20S-. The van der Waals surface area contributed by atoms with Gasteiger partial charge in [-0.1, -0.05) is 75.5 Å². The summed E-state index contributed by atoms with van der Waals surface area (Å²) in [6.07, 6.45) is 0.624. The Morgan fingerprint density at radius 3 is 1.26 bits per heavy atom. The fourth-order valence-corrected chi connectivity index (χ4v) is 13.0. The van der Waals surface area contributed by atoms with Gasteiger partial charge >= 0.3 is 64.0 Å². The molecule has 3 fully saturated rings. The third kappa shape index (κ3) is 27.3. The number of ether oxygens (including phenoxy) is 9. The highest BCUT2D eigenvalue weighted by Crippen LogP contribution is 2.48. The number of hydrogen-bond acceptors (Lipinski definition) is 20. The zero-order valence-corrected chi connectivity index (χ0v) is 53.2. The predicted molar refractivity (Wildman–Crippen MR) is 308 cm³/mol. The van der Waals surface area contributed by atoms with Gasteiger partial charge in [-0.15, -0.1) is 0 Å². The Morgan fingerprint density at radius 1 is 0.545 bits per heavy atom. The number of esters is 2. The monoisotopic (exact) mass is 1280 g/mol. The van der Waals surface area contributed by atoms with Gasteiger partial charge in [-0.25, -0.2) is 38.4 Å². The van der Waals surface area contributed by atoms with Crippen LogP contribution in [-0.4, -0.2) is 172 Å². The molecule has 0 aromatic heterocycles.